The molecular formula is C22H18N2O4S2. The number of carboxylic acid groups (broad SMARTS) is 1. The summed E-state index contributed by atoms with van der Waals surface area (Å²) in [5.74, 6) is -1.02. The molecule has 30 heavy (non-hydrogen) atoms. The van der Waals surface area contributed by atoms with E-state index in [0.29, 0.717) is 11.4 Å². The van der Waals surface area contributed by atoms with Gasteiger partial charge in [-0.25, -0.2) is 13.2 Å². The quantitative estimate of drug-likeness (QED) is 0.376. The molecule has 0 fully saturated rings. The van der Waals surface area contributed by atoms with Crippen LogP contribution < -0.4 is 10.0 Å². The normalized spacial score (nSPS) is 11.4. The Morgan fingerprint density at radius 2 is 1.60 bits per heavy atom. The van der Waals surface area contributed by atoms with Crippen LogP contribution in [-0.2, 0) is 10.0 Å². The van der Waals surface area contributed by atoms with Gasteiger partial charge in [-0.05, 0) is 70.4 Å². The van der Waals surface area contributed by atoms with Gasteiger partial charge in [-0.2, -0.15) is 0 Å². The number of fused-ring (bicyclic) bond motifs is 1. The van der Waals surface area contributed by atoms with Crippen LogP contribution in [0.5, 0.6) is 0 Å². The number of aromatic carboxylic acids is 1. The lowest BCUT2D eigenvalue weighted by Gasteiger charge is -2.13. The first-order valence-corrected chi connectivity index (χ1v) is 11.8. The van der Waals surface area contributed by atoms with Crippen LogP contribution in [0.3, 0.4) is 0 Å². The van der Waals surface area contributed by atoms with Crippen LogP contribution in [0.4, 0.5) is 17.1 Å². The SMILES string of the molecule is CS(=O)(=O)Nc1ccc(-c2ccc(C(=O)O)c(Nc3ccc4sccc4c3)c2)cc1. The Balaban J connectivity index is 1.68. The molecule has 0 bridgehead atoms. The summed E-state index contributed by atoms with van der Waals surface area (Å²) in [6.07, 6.45) is 1.09. The van der Waals surface area contributed by atoms with Crippen LogP contribution >= 0.6 is 11.3 Å². The number of nitrogens with one attached hydrogen (secondary N) is 2. The predicted octanol–water partition coefficient (Wildman–Crippen LogP) is 5.38. The van der Waals surface area contributed by atoms with Crippen molar-refractivity contribution in [1.82, 2.24) is 0 Å². The van der Waals surface area contributed by atoms with Crippen molar-refractivity contribution in [2.45, 2.75) is 0 Å². The number of hydrogen-bond donors (Lipinski definition) is 3. The molecule has 4 aromatic rings. The molecular weight excluding hydrogens is 420 g/mol. The minimum absolute atomic E-state index is 0.166. The lowest BCUT2D eigenvalue weighted by atomic mass is 10.0. The van der Waals surface area contributed by atoms with E-state index in [4.69, 9.17) is 0 Å². The molecule has 0 saturated heterocycles. The van der Waals surface area contributed by atoms with Gasteiger partial charge in [-0.1, -0.05) is 18.2 Å². The smallest absolute Gasteiger partial charge is 0.337 e. The highest BCUT2D eigenvalue weighted by Crippen LogP contribution is 2.31. The molecule has 8 heteroatoms. The molecule has 0 spiro atoms. The summed E-state index contributed by atoms with van der Waals surface area (Å²) in [6, 6.07) is 19.9. The predicted molar refractivity (Wildman–Crippen MR) is 122 cm³/mol. The summed E-state index contributed by atoms with van der Waals surface area (Å²) in [5.41, 5.74) is 3.55. The summed E-state index contributed by atoms with van der Waals surface area (Å²) >= 11 is 1.65. The Hall–Kier alpha value is -3.36. The van der Waals surface area contributed by atoms with Crippen LogP contribution in [0.15, 0.2) is 72.1 Å². The summed E-state index contributed by atoms with van der Waals surface area (Å²) in [7, 11) is -3.35. The molecule has 3 N–H and O–H groups in total. The molecule has 0 unspecified atom stereocenters. The van der Waals surface area contributed by atoms with Gasteiger partial charge in [0.1, 0.15) is 0 Å². The van der Waals surface area contributed by atoms with Crippen molar-refractivity contribution < 1.29 is 18.3 Å². The molecule has 0 aliphatic carbocycles. The second-order valence-electron chi connectivity index (χ2n) is 6.82. The van der Waals surface area contributed by atoms with Gasteiger partial charge in [0, 0.05) is 16.1 Å². The number of benzene rings is 3. The summed E-state index contributed by atoms with van der Waals surface area (Å²) in [5, 5.41) is 15.9. The van der Waals surface area contributed by atoms with E-state index < -0.39 is 16.0 Å². The minimum atomic E-state index is -3.35. The van der Waals surface area contributed by atoms with E-state index in [-0.39, 0.29) is 5.56 Å². The van der Waals surface area contributed by atoms with E-state index in [2.05, 4.69) is 10.0 Å². The number of thiophene rings is 1. The largest absolute Gasteiger partial charge is 0.478 e. The van der Waals surface area contributed by atoms with E-state index in [0.717, 1.165) is 33.2 Å². The fourth-order valence-corrected chi connectivity index (χ4v) is 4.49. The Morgan fingerprint density at radius 1 is 0.900 bits per heavy atom. The fraction of sp³-hybridized carbons (Fsp3) is 0.0455. The maximum Gasteiger partial charge on any atom is 0.337 e. The molecule has 6 nitrogen and oxygen atoms in total. The average molecular weight is 439 g/mol. The standard InChI is InChI=1S/C22H18N2O4S2/c1-30(27,28)24-17-5-2-14(3-6-17)15-4-8-19(22(25)26)20(13-15)23-18-7-9-21-16(12-18)10-11-29-21/h2-13,23-24H,1H3,(H,25,26). The number of hydrogen-bond acceptors (Lipinski definition) is 5. The molecule has 0 aliphatic rings. The molecule has 3 aromatic carbocycles. The highest BCUT2D eigenvalue weighted by atomic mass is 32.2. The van der Waals surface area contributed by atoms with Crippen molar-refractivity contribution >= 4 is 54.5 Å². The van der Waals surface area contributed by atoms with Crippen LogP contribution in [0.2, 0.25) is 0 Å². The van der Waals surface area contributed by atoms with Crippen molar-refractivity contribution in [3.05, 3.63) is 77.7 Å². The molecule has 152 valence electrons. The second-order valence-corrected chi connectivity index (χ2v) is 9.51. The molecule has 1 aromatic heterocycles. The zero-order valence-electron chi connectivity index (χ0n) is 15.9. The molecule has 0 saturated carbocycles. The number of rotatable bonds is 6. The number of carbonyl (C=O) groups is 1. The van der Waals surface area contributed by atoms with Crippen molar-refractivity contribution in [3.8, 4) is 11.1 Å². The van der Waals surface area contributed by atoms with E-state index in [1.54, 1.807) is 53.8 Å². The van der Waals surface area contributed by atoms with Crippen LogP contribution in [-0.4, -0.2) is 25.7 Å². The van der Waals surface area contributed by atoms with Gasteiger partial charge < -0.3 is 10.4 Å². The third kappa shape index (κ3) is 4.45. The van der Waals surface area contributed by atoms with Crippen molar-refractivity contribution in [3.63, 3.8) is 0 Å². The second kappa shape index (κ2) is 7.81. The number of carboxylic acids is 1. The molecule has 1 heterocycles. The first-order chi connectivity index (χ1) is 14.3. The first kappa shape index (κ1) is 19.9. The third-order valence-electron chi connectivity index (χ3n) is 4.50. The molecule has 0 aliphatic heterocycles. The number of sulfonamides is 1. The minimum Gasteiger partial charge on any atom is -0.478 e. The van der Waals surface area contributed by atoms with Crippen molar-refractivity contribution in [1.29, 1.82) is 0 Å². The zero-order valence-corrected chi connectivity index (χ0v) is 17.5. The first-order valence-electron chi connectivity index (χ1n) is 8.98. The third-order valence-corrected chi connectivity index (χ3v) is 6.01. The van der Waals surface area contributed by atoms with Gasteiger partial charge in [0.15, 0.2) is 0 Å². The van der Waals surface area contributed by atoms with Crippen LogP contribution in [0, 0.1) is 0 Å². The maximum atomic E-state index is 11.7. The Morgan fingerprint density at radius 3 is 2.30 bits per heavy atom. The van der Waals surface area contributed by atoms with Crippen molar-refractivity contribution in [2.24, 2.45) is 0 Å². The fourth-order valence-electron chi connectivity index (χ4n) is 3.16. The molecule has 4 rings (SSSR count). The Kier molecular flexibility index (Phi) is 5.19. The van der Waals surface area contributed by atoms with Crippen LogP contribution in [0.25, 0.3) is 21.2 Å². The Bertz CT molecular complexity index is 1340. The van der Waals surface area contributed by atoms with E-state index in [9.17, 15) is 18.3 Å². The van der Waals surface area contributed by atoms with Gasteiger partial charge in [-0.3, -0.25) is 4.72 Å². The van der Waals surface area contributed by atoms with Gasteiger partial charge in [0.25, 0.3) is 0 Å². The van der Waals surface area contributed by atoms with E-state index in [1.807, 2.05) is 29.6 Å². The molecule has 0 amide bonds. The zero-order chi connectivity index (χ0) is 21.3. The van der Waals surface area contributed by atoms with Gasteiger partial charge in [0.05, 0.1) is 17.5 Å². The van der Waals surface area contributed by atoms with E-state index in [1.165, 1.54) is 0 Å². The van der Waals surface area contributed by atoms with Gasteiger partial charge in [-0.15, -0.1) is 11.3 Å². The summed E-state index contributed by atoms with van der Waals surface area (Å²) in [4.78, 5) is 11.7. The summed E-state index contributed by atoms with van der Waals surface area (Å²) < 4.78 is 26.3. The highest BCUT2D eigenvalue weighted by molar-refractivity contribution is 7.92. The topological polar surface area (TPSA) is 95.5 Å². The number of anilines is 3. The molecule has 0 atom stereocenters. The molecule has 0 radical (unpaired) electrons. The Labute approximate surface area is 177 Å². The van der Waals surface area contributed by atoms with Gasteiger partial charge >= 0.3 is 5.97 Å². The highest BCUT2D eigenvalue weighted by Gasteiger charge is 2.13. The van der Waals surface area contributed by atoms with Crippen LogP contribution in [0.1, 0.15) is 10.4 Å². The summed E-state index contributed by atoms with van der Waals surface area (Å²) in [6.45, 7) is 0. The lowest BCUT2D eigenvalue weighted by molar-refractivity contribution is 0.0698. The van der Waals surface area contributed by atoms with E-state index >= 15 is 0 Å². The maximum absolute atomic E-state index is 11.7. The average Bonchev–Trinajstić information content (AvgIpc) is 3.15. The lowest BCUT2D eigenvalue weighted by Crippen LogP contribution is -2.09. The monoisotopic (exact) mass is 438 g/mol. The van der Waals surface area contributed by atoms with Gasteiger partial charge in [0.2, 0.25) is 10.0 Å². The van der Waals surface area contributed by atoms with Crippen molar-refractivity contribution in [2.75, 3.05) is 16.3 Å².